The van der Waals surface area contributed by atoms with Crippen molar-refractivity contribution < 1.29 is 15.0 Å². The monoisotopic (exact) mass is 312 g/mol. The van der Waals surface area contributed by atoms with Crippen molar-refractivity contribution in [2.45, 2.75) is 45.4 Å². The minimum Gasteiger partial charge on any atom is -0.507 e. The number of carboxylic acid groups (broad SMARTS) is 1. The van der Waals surface area contributed by atoms with Crippen LogP contribution in [0.15, 0.2) is 42.5 Å². The molecule has 0 spiro atoms. The number of phenolic OH excluding ortho intramolecular Hbond substituents is 1. The second-order valence-corrected chi connectivity index (χ2v) is 5.95. The molecule has 0 heterocycles. The Morgan fingerprint density at radius 2 is 1.70 bits per heavy atom. The fourth-order valence-electron chi connectivity index (χ4n) is 2.80. The summed E-state index contributed by atoms with van der Waals surface area (Å²) in [5.41, 5.74) is 3.53. The van der Waals surface area contributed by atoms with Gasteiger partial charge in [-0.15, -0.1) is 0 Å². The first-order valence-corrected chi connectivity index (χ1v) is 8.19. The molecule has 3 nitrogen and oxygen atoms in total. The maximum atomic E-state index is 11.1. The molecule has 0 saturated heterocycles. The number of hydrogen-bond donors (Lipinski definition) is 2. The maximum absolute atomic E-state index is 11.1. The van der Waals surface area contributed by atoms with Crippen LogP contribution in [0.25, 0.3) is 0 Å². The predicted octanol–water partition coefficient (Wildman–Crippen LogP) is 4.34. The summed E-state index contributed by atoms with van der Waals surface area (Å²) in [6, 6.07) is 13.8. The topological polar surface area (TPSA) is 57.5 Å². The van der Waals surface area contributed by atoms with Gasteiger partial charge in [0.2, 0.25) is 0 Å². The lowest BCUT2D eigenvalue weighted by molar-refractivity contribution is -0.136. The van der Waals surface area contributed by atoms with Crippen LogP contribution in [-0.4, -0.2) is 16.2 Å². The van der Waals surface area contributed by atoms with Gasteiger partial charge in [0, 0.05) is 12.0 Å². The van der Waals surface area contributed by atoms with Crippen molar-refractivity contribution in [3.05, 3.63) is 64.7 Å². The van der Waals surface area contributed by atoms with Crippen molar-refractivity contribution in [1.82, 2.24) is 0 Å². The summed E-state index contributed by atoms with van der Waals surface area (Å²) < 4.78 is 0. The lowest BCUT2D eigenvalue weighted by Gasteiger charge is -2.13. The Balaban J connectivity index is 2.30. The van der Waals surface area contributed by atoms with E-state index in [0.717, 1.165) is 42.4 Å². The molecule has 2 aromatic rings. The summed E-state index contributed by atoms with van der Waals surface area (Å²) >= 11 is 0. The third kappa shape index (κ3) is 5.13. The summed E-state index contributed by atoms with van der Waals surface area (Å²) in [4.78, 5) is 11.1. The normalized spacial score (nSPS) is 10.7. The average molecular weight is 312 g/mol. The lowest BCUT2D eigenvalue weighted by atomic mass is 9.95. The van der Waals surface area contributed by atoms with Gasteiger partial charge in [-0.05, 0) is 29.5 Å². The molecule has 0 fully saturated rings. The highest BCUT2D eigenvalue weighted by Crippen LogP contribution is 2.28. The number of benzene rings is 2. The zero-order valence-corrected chi connectivity index (χ0v) is 13.6. The summed E-state index contributed by atoms with van der Waals surface area (Å²) in [7, 11) is 0. The zero-order valence-electron chi connectivity index (χ0n) is 13.6. The molecule has 0 amide bonds. The Labute approximate surface area is 137 Å². The molecule has 2 aromatic carbocycles. The van der Waals surface area contributed by atoms with E-state index in [-0.39, 0.29) is 12.2 Å². The van der Waals surface area contributed by atoms with Crippen LogP contribution in [0, 0.1) is 0 Å². The number of unbranched alkanes of at least 4 members (excludes halogenated alkanes) is 2. The molecule has 0 aromatic heterocycles. The standard InChI is InChI=1S/C20H24O3/c1-2-3-5-10-16-12-17(11-15-8-6-4-7-9-15)20(23)18(13-16)14-19(21)22/h4,6-9,12-13,23H,2-3,5,10-11,14H2,1H3,(H,21,22). The van der Waals surface area contributed by atoms with Crippen LogP contribution in [0.4, 0.5) is 0 Å². The van der Waals surface area contributed by atoms with Crippen molar-refractivity contribution in [3.8, 4) is 5.75 Å². The van der Waals surface area contributed by atoms with Gasteiger partial charge in [-0.3, -0.25) is 4.79 Å². The molecular weight excluding hydrogens is 288 g/mol. The maximum Gasteiger partial charge on any atom is 0.307 e. The SMILES string of the molecule is CCCCCc1cc(CC(=O)O)c(O)c(Cc2ccccc2)c1. The first-order valence-electron chi connectivity index (χ1n) is 8.19. The van der Waals surface area contributed by atoms with Crippen LogP contribution in [0.5, 0.6) is 5.75 Å². The number of aryl methyl sites for hydroxylation is 1. The largest absolute Gasteiger partial charge is 0.507 e. The lowest BCUT2D eigenvalue weighted by Crippen LogP contribution is -2.03. The molecule has 0 aliphatic heterocycles. The summed E-state index contributed by atoms with van der Waals surface area (Å²) in [6.45, 7) is 2.16. The van der Waals surface area contributed by atoms with Gasteiger partial charge in [-0.25, -0.2) is 0 Å². The molecule has 0 radical (unpaired) electrons. The summed E-state index contributed by atoms with van der Waals surface area (Å²) in [6.07, 6.45) is 4.78. The van der Waals surface area contributed by atoms with Crippen molar-refractivity contribution >= 4 is 5.97 Å². The molecule has 0 unspecified atom stereocenters. The second kappa shape index (κ2) is 8.37. The van der Waals surface area contributed by atoms with E-state index in [9.17, 15) is 9.90 Å². The van der Waals surface area contributed by atoms with E-state index in [1.165, 1.54) is 0 Å². The second-order valence-electron chi connectivity index (χ2n) is 5.95. The van der Waals surface area contributed by atoms with Crippen LogP contribution < -0.4 is 0 Å². The van der Waals surface area contributed by atoms with E-state index in [1.807, 2.05) is 42.5 Å². The Bertz CT molecular complexity index is 647. The van der Waals surface area contributed by atoms with Gasteiger partial charge in [-0.1, -0.05) is 62.2 Å². The summed E-state index contributed by atoms with van der Waals surface area (Å²) in [5.74, 6) is -0.799. The third-order valence-electron chi connectivity index (χ3n) is 3.98. The smallest absolute Gasteiger partial charge is 0.307 e. The van der Waals surface area contributed by atoms with E-state index >= 15 is 0 Å². The van der Waals surface area contributed by atoms with Gasteiger partial charge < -0.3 is 10.2 Å². The fourth-order valence-corrected chi connectivity index (χ4v) is 2.80. The minimum atomic E-state index is -0.920. The van der Waals surface area contributed by atoms with Crippen molar-refractivity contribution in [2.24, 2.45) is 0 Å². The van der Waals surface area contributed by atoms with Gasteiger partial charge in [0.05, 0.1) is 6.42 Å². The number of rotatable bonds is 8. The Morgan fingerprint density at radius 3 is 2.35 bits per heavy atom. The first-order chi connectivity index (χ1) is 11.1. The van der Waals surface area contributed by atoms with E-state index < -0.39 is 5.97 Å². The molecular formula is C20H24O3. The number of hydrogen-bond acceptors (Lipinski definition) is 2. The molecule has 0 atom stereocenters. The predicted molar refractivity (Wildman–Crippen MR) is 91.9 cm³/mol. The van der Waals surface area contributed by atoms with Crippen molar-refractivity contribution in [3.63, 3.8) is 0 Å². The number of phenols is 1. The molecule has 122 valence electrons. The number of carbonyl (C=O) groups is 1. The Kier molecular flexibility index (Phi) is 6.21. The quantitative estimate of drug-likeness (QED) is 0.713. The highest BCUT2D eigenvalue weighted by atomic mass is 16.4. The van der Waals surface area contributed by atoms with Crippen molar-refractivity contribution in [2.75, 3.05) is 0 Å². The molecule has 2 N–H and O–H groups in total. The average Bonchev–Trinajstić information content (AvgIpc) is 2.52. The fraction of sp³-hybridized carbons (Fsp3) is 0.350. The highest BCUT2D eigenvalue weighted by Gasteiger charge is 2.13. The Morgan fingerprint density at radius 1 is 1.00 bits per heavy atom. The van der Waals surface area contributed by atoms with E-state index in [1.54, 1.807) is 0 Å². The van der Waals surface area contributed by atoms with Gasteiger partial charge >= 0.3 is 5.97 Å². The van der Waals surface area contributed by atoms with Gasteiger partial charge in [0.25, 0.3) is 0 Å². The molecule has 0 bridgehead atoms. The summed E-state index contributed by atoms with van der Waals surface area (Å²) in [5, 5.41) is 19.5. The molecule has 2 rings (SSSR count). The van der Waals surface area contributed by atoms with E-state index in [0.29, 0.717) is 12.0 Å². The van der Waals surface area contributed by atoms with Gasteiger partial charge in [0.15, 0.2) is 0 Å². The molecule has 23 heavy (non-hydrogen) atoms. The zero-order chi connectivity index (χ0) is 16.7. The van der Waals surface area contributed by atoms with E-state index in [2.05, 4.69) is 6.92 Å². The third-order valence-corrected chi connectivity index (χ3v) is 3.98. The van der Waals surface area contributed by atoms with Gasteiger partial charge in [0.1, 0.15) is 5.75 Å². The van der Waals surface area contributed by atoms with Crippen LogP contribution in [0.2, 0.25) is 0 Å². The van der Waals surface area contributed by atoms with Gasteiger partial charge in [-0.2, -0.15) is 0 Å². The van der Waals surface area contributed by atoms with Crippen LogP contribution in [0.3, 0.4) is 0 Å². The number of aliphatic carboxylic acids is 1. The molecule has 0 saturated carbocycles. The van der Waals surface area contributed by atoms with Crippen LogP contribution >= 0.6 is 0 Å². The highest BCUT2D eigenvalue weighted by molar-refractivity contribution is 5.72. The first kappa shape index (κ1) is 17.1. The Hall–Kier alpha value is -2.29. The minimum absolute atomic E-state index is 0.121. The molecule has 0 aliphatic rings. The number of carboxylic acids is 1. The molecule has 3 heteroatoms. The van der Waals surface area contributed by atoms with Crippen LogP contribution in [-0.2, 0) is 24.1 Å². The van der Waals surface area contributed by atoms with Crippen LogP contribution in [0.1, 0.15) is 48.4 Å². The number of aromatic hydroxyl groups is 1. The van der Waals surface area contributed by atoms with Crippen molar-refractivity contribution in [1.29, 1.82) is 0 Å². The van der Waals surface area contributed by atoms with E-state index in [4.69, 9.17) is 5.11 Å². The molecule has 0 aliphatic carbocycles.